The quantitative estimate of drug-likeness (QED) is 0.840. The Kier molecular flexibility index (Phi) is 5.04. The smallest absolute Gasteiger partial charge is 0.224 e. The van der Waals surface area contributed by atoms with E-state index in [1.807, 2.05) is 18.2 Å². The van der Waals surface area contributed by atoms with Gasteiger partial charge >= 0.3 is 0 Å². The molecule has 0 heterocycles. The van der Waals surface area contributed by atoms with Crippen molar-refractivity contribution in [1.82, 2.24) is 5.32 Å². The zero-order valence-electron chi connectivity index (χ0n) is 12.0. The summed E-state index contributed by atoms with van der Waals surface area (Å²) in [5, 5.41) is 3.07. The molecule has 4 nitrogen and oxygen atoms in total. The SMILES string of the molecule is COc1cccc(OC)c1CC(=O)NC1CC=CCC1. The Bertz CT molecular complexity index is 474. The lowest BCUT2D eigenvalue weighted by Gasteiger charge is -2.20. The third-order valence-electron chi connectivity index (χ3n) is 3.50. The zero-order valence-corrected chi connectivity index (χ0v) is 12.0. The number of allylic oxidation sites excluding steroid dienone is 1. The highest BCUT2D eigenvalue weighted by Gasteiger charge is 2.17. The molecular weight excluding hydrogens is 254 g/mol. The predicted octanol–water partition coefficient (Wildman–Crippen LogP) is 2.47. The number of carbonyl (C=O) groups is 1. The number of hydrogen-bond donors (Lipinski definition) is 1. The summed E-state index contributed by atoms with van der Waals surface area (Å²) < 4.78 is 10.6. The van der Waals surface area contributed by atoms with Crippen LogP contribution in [0.25, 0.3) is 0 Å². The summed E-state index contributed by atoms with van der Waals surface area (Å²) in [7, 11) is 3.20. The van der Waals surface area contributed by atoms with E-state index in [0.717, 1.165) is 24.8 Å². The number of carbonyl (C=O) groups excluding carboxylic acids is 1. The van der Waals surface area contributed by atoms with Crippen molar-refractivity contribution in [1.29, 1.82) is 0 Å². The first-order valence-electron chi connectivity index (χ1n) is 6.88. The maximum atomic E-state index is 12.2. The molecule has 0 bridgehead atoms. The van der Waals surface area contributed by atoms with Crippen molar-refractivity contribution in [2.75, 3.05) is 14.2 Å². The van der Waals surface area contributed by atoms with Gasteiger partial charge in [0.05, 0.1) is 20.6 Å². The van der Waals surface area contributed by atoms with Crippen molar-refractivity contribution >= 4 is 5.91 Å². The van der Waals surface area contributed by atoms with Crippen molar-refractivity contribution in [3.05, 3.63) is 35.9 Å². The molecule has 108 valence electrons. The van der Waals surface area contributed by atoms with E-state index in [-0.39, 0.29) is 18.4 Å². The molecule has 0 aromatic heterocycles. The highest BCUT2D eigenvalue weighted by atomic mass is 16.5. The summed E-state index contributed by atoms with van der Waals surface area (Å²) in [5.41, 5.74) is 0.793. The third kappa shape index (κ3) is 3.53. The van der Waals surface area contributed by atoms with Crippen LogP contribution in [-0.2, 0) is 11.2 Å². The van der Waals surface area contributed by atoms with Gasteiger partial charge in [0.2, 0.25) is 5.91 Å². The van der Waals surface area contributed by atoms with E-state index in [1.54, 1.807) is 14.2 Å². The molecule has 1 aromatic carbocycles. The van der Waals surface area contributed by atoms with Crippen LogP contribution in [0, 0.1) is 0 Å². The van der Waals surface area contributed by atoms with Crippen LogP contribution in [0.3, 0.4) is 0 Å². The van der Waals surface area contributed by atoms with Gasteiger partial charge in [-0.2, -0.15) is 0 Å². The number of amides is 1. The second-order valence-electron chi connectivity index (χ2n) is 4.87. The van der Waals surface area contributed by atoms with Crippen molar-refractivity contribution < 1.29 is 14.3 Å². The van der Waals surface area contributed by atoms with Crippen LogP contribution in [0.5, 0.6) is 11.5 Å². The van der Waals surface area contributed by atoms with Gasteiger partial charge in [0.25, 0.3) is 0 Å². The average molecular weight is 275 g/mol. The maximum Gasteiger partial charge on any atom is 0.224 e. The van der Waals surface area contributed by atoms with E-state index >= 15 is 0 Å². The Morgan fingerprint density at radius 3 is 2.50 bits per heavy atom. The second kappa shape index (κ2) is 6.98. The number of methoxy groups -OCH3 is 2. The first-order chi connectivity index (χ1) is 9.74. The minimum Gasteiger partial charge on any atom is -0.496 e. The van der Waals surface area contributed by atoms with E-state index in [1.165, 1.54) is 0 Å². The topological polar surface area (TPSA) is 47.6 Å². The normalized spacial score (nSPS) is 17.6. The van der Waals surface area contributed by atoms with E-state index in [0.29, 0.717) is 11.5 Å². The first-order valence-corrected chi connectivity index (χ1v) is 6.88. The molecule has 0 saturated carbocycles. The number of ether oxygens (including phenoxy) is 2. The molecule has 0 saturated heterocycles. The molecular formula is C16H21NO3. The van der Waals surface area contributed by atoms with Gasteiger partial charge in [-0.25, -0.2) is 0 Å². The van der Waals surface area contributed by atoms with Gasteiger partial charge in [-0.15, -0.1) is 0 Å². The van der Waals surface area contributed by atoms with Gasteiger partial charge in [0.15, 0.2) is 0 Å². The van der Waals surface area contributed by atoms with E-state index in [4.69, 9.17) is 9.47 Å². The molecule has 2 rings (SSSR count). The highest BCUT2D eigenvalue weighted by Crippen LogP contribution is 2.28. The lowest BCUT2D eigenvalue weighted by molar-refractivity contribution is -0.121. The molecule has 1 N–H and O–H groups in total. The van der Waals surface area contributed by atoms with Gasteiger partial charge in [0.1, 0.15) is 11.5 Å². The van der Waals surface area contributed by atoms with E-state index < -0.39 is 0 Å². The van der Waals surface area contributed by atoms with Gasteiger partial charge in [-0.1, -0.05) is 18.2 Å². The Labute approximate surface area is 119 Å². The molecule has 4 heteroatoms. The number of nitrogens with one attached hydrogen (secondary N) is 1. The number of hydrogen-bond acceptors (Lipinski definition) is 3. The molecule has 1 unspecified atom stereocenters. The van der Waals surface area contributed by atoms with Crippen molar-refractivity contribution in [3.63, 3.8) is 0 Å². The van der Waals surface area contributed by atoms with Crippen LogP contribution in [0.4, 0.5) is 0 Å². The Morgan fingerprint density at radius 2 is 1.95 bits per heavy atom. The summed E-state index contributed by atoms with van der Waals surface area (Å²) in [6.45, 7) is 0. The van der Waals surface area contributed by atoms with Crippen LogP contribution < -0.4 is 14.8 Å². The molecule has 1 amide bonds. The summed E-state index contributed by atoms with van der Waals surface area (Å²) in [6, 6.07) is 5.78. The van der Waals surface area contributed by atoms with Crippen LogP contribution in [-0.4, -0.2) is 26.2 Å². The summed E-state index contributed by atoms with van der Waals surface area (Å²) in [5.74, 6) is 1.37. The summed E-state index contributed by atoms with van der Waals surface area (Å²) in [6.07, 6.45) is 7.50. The largest absolute Gasteiger partial charge is 0.496 e. The molecule has 1 atom stereocenters. The zero-order chi connectivity index (χ0) is 14.4. The van der Waals surface area contributed by atoms with Crippen molar-refractivity contribution in [3.8, 4) is 11.5 Å². The predicted molar refractivity (Wildman–Crippen MR) is 78.2 cm³/mol. The summed E-state index contributed by atoms with van der Waals surface area (Å²) in [4.78, 5) is 12.2. The Balaban J connectivity index is 2.05. The molecule has 0 radical (unpaired) electrons. The molecule has 0 fully saturated rings. The lowest BCUT2D eigenvalue weighted by atomic mass is 10.0. The number of benzene rings is 1. The molecule has 1 aromatic rings. The lowest BCUT2D eigenvalue weighted by Crippen LogP contribution is -2.36. The van der Waals surface area contributed by atoms with E-state index in [2.05, 4.69) is 17.5 Å². The van der Waals surface area contributed by atoms with Crippen LogP contribution in [0.15, 0.2) is 30.4 Å². The minimum atomic E-state index is 0.00750. The van der Waals surface area contributed by atoms with Gasteiger partial charge in [-0.05, 0) is 31.4 Å². The van der Waals surface area contributed by atoms with Crippen LogP contribution in [0.2, 0.25) is 0 Å². The Hall–Kier alpha value is -1.97. The second-order valence-corrected chi connectivity index (χ2v) is 4.87. The Morgan fingerprint density at radius 1 is 1.25 bits per heavy atom. The maximum absolute atomic E-state index is 12.2. The standard InChI is InChI=1S/C16H21NO3/c1-19-14-9-6-10-15(20-2)13(14)11-16(18)17-12-7-4-3-5-8-12/h3-4,6,9-10,12H,5,7-8,11H2,1-2H3,(H,17,18). The molecule has 1 aliphatic rings. The fourth-order valence-electron chi connectivity index (χ4n) is 2.47. The van der Waals surface area contributed by atoms with Crippen LogP contribution >= 0.6 is 0 Å². The van der Waals surface area contributed by atoms with Gasteiger partial charge in [-0.3, -0.25) is 4.79 Å². The van der Waals surface area contributed by atoms with E-state index in [9.17, 15) is 4.79 Å². The molecule has 1 aliphatic carbocycles. The van der Waals surface area contributed by atoms with Gasteiger partial charge < -0.3 is 14.8 Å². The van der Waals surface area contributed by atoms with Crippen molar-refractivity contribution in [2.45, 2.75) is 31.7 Å². The summed E-state index contributed by atoms with van der Waals surface area (Å²) >= 11 is 0. The monoisotopic (exact) mass is 275 g/mol. The number of rotatable bonds is 5. The fourth-order valence-corrected chi connectivity index (χ4v) is 2.47. The van der Waals surface area contributed by atoms with Gasteiger partial charge in [0, 0.05) is 11.6 Å². The molecule has 20 heavy (non-hydrogen) atoms. The third-order valence-corrected chi connectivity index (χ3v) is 3.50. The first kappa shape index (κ1) is 14.4. The fraction of sp³-hybridized carbons (Fsp3) is 0.438. The molecule has 0 spiro atoms. The minimum absolute atomic E-state index is 0.00750. The van der Waals surface area contributed by atoms with Crippen molar-refractivity contribution in [2.24, 2.45) is 0 Å². The average Bonchev–Trinajstić information content (AvgIpc) is 2.48. The van der Waals surface area contributed by atoms with Crippen LogP contribution in [0.1, 0.15) is 24.8 Å². The molecule has 0 aliphatic heterocycles. The highest BCUT2D eigenvalue weighted by molar-refractivity contribution is 5.80.